The molecule has 0 aromatic heterocycles. The van der Waals surface area contributed by atoms with E-state index in [2.05, 4.69) is 0 Å². The van der Waals surface area contributed by atoms with Crippen LogP contribution in [0.25, 0.3) is 0 Å². The minimum atomic E-state index is -0.487. The van der Waals surface area contributed by atoms with Crippen molar-refractivity contribution >= 4 is 45.5 Å². The van der Waals surface area contributed by atoms with Gasteiger partial charge < -0.3 is 0 Å². The van der Waals surface area contributed by atoms with Crippen molar-refractivity contribution in [3.63, 3.8) is 0 Å². The first kappa shape index (κ1) is 8.25. The predicted molar refractivity (Wildman–Crippen MR) is 48.5 cm³/mol. The van der Waals surface area contributed by atoms with Crippen LogP contribution in [0.3, 0.4) is 0 Å². The highest BCUT2D eigenvalue weighted by Crippen LogP contribution is 2.06. The van der Waals surface area contributed by atoms with Crippen LogP contribution in [0, 0.1) is 0 Å². The summed E-state index contributed by atoms with van der Waals surface area (Å²) in [5.74, 6) is 0. The summed E-state index contributed by atoms with van der Waals surface area (Å²) in [5, 5.41) is 0.656. The van der Waals surface area contributed by atoms with E-state index >= 15 is 0 Å². The van der Waals surface area contributed by atoms with Crippen LogP contribution in [0.15, 0.2) is 24.3 Å². The van der Waals surface area contributed by atoms with E-state index in [4.69, 9.17) is 34.5 Å². The van der Waals surface area contributed by atoms with Crippen molar-refractivity contribution in [2.75, 3.05) is 0 Å². The van der Waals surface area contributed by atoms with Gasteiger partial charge in [0.15, 0.2) is 0 Å². The van der Waals surface area contributed by atoms with Crippen LogP contribution in [-0.2, 0) is 0 Å². The van der Waals surface area contributed by atoms with Crippen LogP contribution in [0.2, 0.25) is 5.02 Å². The molecule has 0 heterocycles. The second kappa shape index (κ2) is 3.52. The van der Waals surface area contributed by atoms with Crippen molar-refractivity contribution in [2.24, 2.45) is 0 Å². The van der Waals surface area contributed by atoms with E-state index in [0.29, 0.717) is 5.02 Å². The minimum Gasteiger partial charge on any atom is -0.165 e. The molecule has 0 aliphatic heterocycles. The Morgan fingerprint density at radius 2 is 1.90 bits per heavy atom. The first-order chi connectivity index (χ1) is 4.70. The van der Waals surface area contributed by atoms with Crippen molar-refractivity contribution in [1.82, 2.24) is 0 Å². The molecule has 0 atom stereocenters. The van der Waals surface area contributed by atoms with Crippen molar-refractivity contribution < 1.29 is 0 Å². The maximum Gasteiger partial charge on any atom is 0.382 e. The molecule has 4 heteroatoms. The Kier molecular flexibility index (Phi) is 2.90. The number of hydrogen-bond acceptors (Lipinski definition) is 0. The molecule has 52 valence electrons. The van der Waals surface area contributed by atoms with Crippen LogP contribution < -0.4 is 5.46 Å². The van der Waals surface area contributed by atoms with Gasteiger partial charge in [-0.05, 0) is 17.6 Å². The number of halogens is 3. The van der Waals surface area contributed by atoms with Gasteiger partial charge in [-0.15, -0.1) is 0 Å². The lowest BCUT2D eigenvalue weighted by atomic mass is 9.93. The van der Waals surface area contributed by atoms with E-state index in [1.165, 1.54) is 0 Å². The zero-order valence-corrected chi connectivity index (χ0v) is 7.29. The molecule has 0 radical (unpaired) electrons. The fraction of sp³-hybridized carbons (Fsp3) is 0. The van der Waals surface area contributed by atoms with E-state index in [1.807, 2.05) is 12.1 Å². The summed E-state index contributed by atoms with van der Waals surface area (Å²) in [7, 11) is 0. The van der Waals surface area contributed by atoms with Crippen LogP contribution in [0.5, 0.6) is 0 Å². The van der Waals surface area contributed by atoms with Gasteiger partial charge in [-0.2, -0.15) is 22.9 Å². The number of benzene rings is 1. The van der Waals surface area contributed by atoms with Crippen molar-refractivity contribution in [3.8, 4) is 0 Å². The number of rotatable bonds is 1. The van der Waals surface area contributed by atoms with Gasteiger partial charge in [0, 0.05) is 5.02 Å². The second-order valence-corrected chi connectivity index (χ2v) is 3.39. The average molecular weight is 193 g/mol. The monoisotopic (exact) mass is 192 g/mol. The third-order valence-electron chi connectivity index (χ3n) is 1.10. The lowest BCUT2D eigenvalue weighted by Gasteiger charge is -1.96. The second-order valence-electron chi connectivity index (χ2n) is 1.86. The van der Waals surface area contributed by atoms with E-state index in [-0.39, 0.29) is 0 Å². The smallest absolute Gasteiger partial charge is 0.165 e. The largest absolute Gasteiger partial charge is 0.382 e. The Bertz CT molecular complexity index is 224. The minimum absolute atomic E-state index is 0.487. The van der Waals surface area contributed by atoms with E-state index in [0.717, 1.165) is 5.46 Å². The molecule has 0 unspecified atom stereocenters. The summed E-state index contributed by atoms with van der Waals surface area (Å²) in [5.41, 5.74) is 0.342. The summed E-state index contributed by atoms with van der Waals surface area (Å²) >= 11 is 16.8. The van der Waals surface area contributed by atoms with Crippen molar-refractivity contribution in [2.45, 2.75) is 0 Å². The summed E-state index contributed by atoms with van der Waals surface area (Å²) in [6, 6.07) is 7.17. The molecule has 0 fully saturated rings. The third-order valence-corrected chi connectivity index (χ3v) is 1.84. The number of hydrogen-bond donors (Lipinski definition) is 0. The molecule has 10 heavy (non-hydrogen) atoms. The lowest BCUT2D eigenvalue weighted by molar-refractivity contribution is 1.77. The van der Waals surface area contributed by atoms with Crippen LogP contribution in [0.4, 0.5) is 0 Å². The Labute approximate surface area is 75.0 Å². The predicted octanol–water partition coefficient (Wildman–Crippen LogP) is 2.51. The highest BCUT2D eigenvalue weighted by molar-refractivity contribution is 7.39. The van der Waals surface area contributed by atoms with Gasteiger partial charge in [0.25, 0.3) is 0 Å². The van der Waals surface area contributed by atoms with E-state index in [9.17, 15) is 0 Å². The molecule has 0 bridgehead atoms. The van der Waals surface area contributed by atoms with Crippen molar-refractivity contribution in [3.05, 3.63) is 29.3 Å². The summed E-state index contributed by atoms with van der Waals surface area (Å²) in [6.07, 6.45) is 0. The molecule has 1 aromatic rings. The fourth-order valence-electron chi connectivity index (χ4n) is 0.642. The zero-order chi connectivity index (χ0) is 7.56. The molecule has 1 rings (SSSR count). The van der Waals surface area contributed by atoms with Gasteiger partial charge >= 0.3 is 5.54 Å². The maximum atomic E-state index is 5.67. The van der Waals surface area contributed by atoms with Gasteiger partial charge in [-0.1, -0.05) is 23.7 Å². The topological polar surface area (TPSA) is 0 Å². The Morgan fingerprint density at radius 3 is 2.30 bits per heavy atom. The highest BCUT2D eigenvalue weighted by atomic mass is 35.5. The van der Waals surface area contributed by atoms with E-state index < -0.39 is 5.54 Å². The van der Waals surface area contributed by atoms with E-state index in [1.54, 1.807) is 12.1 Å². The Hall–Kier alpha value is 0.155. The van der Waals surface area contributed by atoms with Gasteiger partial charge in [-0.3, -0.25) is 0 Å². The maximum absolute atomic E-state index is 5.67. The van der Waals surface area contributed by atoms with Crippen molar-refractivity contribution in [1.29, 1.82) is 0 Å². The standard InChI is InChI=1S/C6H4BCl3/c8-6-3-1-2-5(4-6)7(9)10/h1-4H. The summed E-state index contributed by atoms with van der Waals surface area (Å²) in [4.78, 5) is 0. The van der Waals surface area contributed by atoms with Gasteiger partial charge in [0.2, 0.25) is 0 Å². The SMILES string of the molecule is ClB(Cl)c1cccc(Cl)c1. The third kappa shape index (κ3) is 2.08. The molecule has 0 N–H and O–H groups in total. The quantitative estimate of drug-likeness (QED) is 0.601. The molecule has 0 saturated carbocycles. The first-order valence-corrected chi connectivity index (χ1v) is 3.99. The molecule has 0 saturated heterocycles. The van der Waals surface area contributed by atoms with Gasteiger partial charge in [-0.25, -0.2) is 0 Å². The fourth-order valence-corrected chi connectivity index (χ4v) is 1.11. The molecule has 0 aliphatic carbocycles. The normalized spacial score (nSPS) is 9.50. The summed E-state index contributed by atoms with van der Waals surface area (Å²) in [6.45, 7) is 0. The molecular formula is C6H4BCl3. The molecule has 0 aliphatic rings. The van der Waals surface area contributed by atoms with Crippen LogP contribution in [0.1, 0.15) is 0 Å². The highest BCUT2D eigenvalue weighted by Gasteiger charge is 2.08. The zero-order valence-electron chi connectivity index (χ0n) is 5.02. The summed E-state index contributed by atoms with van der Waals surface area (Å²) < 4.78 is 0. The molecular weight excluding hydrogens is 189 g/mol. The molecule has 0 spiro atoms. The van der Waals surface area contributed by atoms with Gasteiger partial charge in [0.05, 0.1) is 0 Å². The van der Waals surface area contributed by atoms with Crippen LogP contribution >= 0.6 is 34.5 Å². The van der Waals surface area contributed by atoms with Crippen LogP contribution in [-0.4, -0.2) is 5.54 Å². The first-order valence-electron chi connectivity index (χ1n) is 2.74. The molecule has 1 aromatic carbocycles. The molecule has 0 nitrogen and oxygen atoms in total. The Morgan fingerprint density at radius 1 is 1.20 bits per heavy atom. The average Bonchev–Trinajstić information content (AvgIpc) is 1.88. The van der Waals surface area contributed by atoms with Gasteiger partial charge in [0.1, 0.15) is 0 Å². The molecule has 0 amide bonds. The lowest BCUT2D eigenvalue weighted by Crippen LogP contribution is -2.16. The Balaban J connectivity index is 2.96.